The molecule has 2 atom stereocenters. The number of nitrogens with zero attached hydrogens (tertiary/aromatic N) is 1. The summed E-state index contributed by atoms with van der Waals surface area (Å²) >= 11 is 0. The van der Waals surface area contributed by atoms with Crippen LogP contribution < -0.4 is 15.0 Å². The molecule has 0 saturated carbocycles. The molecule has 6 nitrogen and oxygen atoms in total. The molecule has 3 amide bonds. The quantitative estimate of drug-likeness (QED) is 0.243. The highest BCUT2D eigenvalue weighted by Gasteiger charge is 2.49. The normalized spacial score (nSPS) is 18.8. The first-order valence-electron chi connectivity index (χ1n) is 12.7. The SMILES string of the molecule is CC1=CC[C@H]2C(=O)N(c3ccccc3C(=O)Nc3ccc(Oc4ccc5ccccc5c4)cc3)C(=O)[C@H]2C1. The zero-order chi connectivity index (χ0) is 26.2. The summed E-state index contributed by atoms with van der Waals surface area (Å²) in [6, 6.07) is 27.8. The monoisotopic (exact) mass is 502 g/mol. The minimum Gasteiger partial charge on any atom is -0.457 e. The van der Waals surface area contributed by atoms with Gasteiger partial charge < -0.3 is 10.1 Å². The van der Waals surface area contributed by atoms with Crippen LogP contribution in [0.1, 0.15) is 30.1 Å². The minimum absolute atomic E-state index is 0.233. The van der Waals surface area contributed by atoms with E-state index >= 15 is 0 Å². The van der Waals surface area contributed by atoms with E-state index in [1.54, 1.807) is 48.5 Å². The van der Waals surface area contributed by atoms with E-state index in [2.05, 4.69) is 11.4 Å². The Morgan fingerprint density at radius 1 is 0.816 bits per heavy atom. The third kappa shape index (κ3) is 4.34. The summed E-state index contributed by atoms with van der Waals surface area (Å²) in [5, 5.41) is 5.11. The molecule has 6 rings (SSSR count). The largest absolute Gasteiger partial charge is 0.457 e. The van der Waals surface area contributed by atoms with E-state index in [0.717, 1.165) is 22.1 Å². The van der Waals surface area contributed by atoms with Gasteiger partial charge in [-0.2, -0.15) is 0 Å². The van der Waals surface area contributed by atoms with Crippen molar-refractivity contribution in [2.75, 3.05) is 10.2 Å². The number of hydrogen-bond donors (Lipinski definition) is 1. The number of imide groups is 1. The second kappa shape index (κ2) is 9.63. The predicted octanol–water partition coefficient (Wildman–Crippen LogP) is 6.73. The molecule has 1 fully saturated rings. The van der Waals surface area contributed by atoms with E-state index in [1.165, 1.54) is 4.90 Å². The van der Waals surface area contributed by atoms with Gasteiger partial charge in [0.05, 0.1) is 23.1 Å². The van der Waals surface area contributed by atoms with Gasteiger partial charge in [-0.1, -0.05) is 54.1 Å². The summed E-state index contributed by atoms with van der Waals surface area (Å²) in [7, 11) is 0. The van der Waals surface area contributed by atoms with Gasteiger partial charge in [-0.3, -0.25) is 14.4 Å². The van der Waals surface area contributed by atoms with Gasteiger partial charge in [-0.25, -0.2) is 4.90 Å². The van der Waals surface area contributed by atoms with Gasteiger partial charge in [0.25, 0.3) is 5.91 Å². The summed E-state index contributed by atoms with van der Waals surface area (Å²) in [5.41, 5.74) is 2.29. The van der Waals surface area contributed by atoms with Crippen molar-refractivity contribution < 1.29 is 19.1 Å². The Bertz CT molecular complexity index is 1610. The minimum atomic E-state index is -0.395. The molecule has 6 heteroatoms. The molecule has 1 saturated heterocycles. The van der Waals surface area contributed by atoms with Crippen molar-refractivity contribution in [3.63, 3.8) is 0 Å². The van der Waals surface area contributed by atoms with Crippen LogP contribution in [0.15, 0.2) is 103 Å². The molecule has 4 aromatic carbocycles. The molecule has 38 heavy (non-hydrogen) atoms. The van der Waals surface area contributed by atoms with E-state index in [-0.39, 0.29) is 29.2 Å². The fourth-order valence-corrected chi connectivity index (χ4v) is 5.31. The number of benzene rings is 4. The van der Waals surface area contributed by atoms with Crippen LogP contribution in [0, 0.1) is 11.8 Å². The smallest absolute Gasteiger partial charge is 0.257 e. The van der Waals surface area contributed by atoms with Crippen LogP contribution in [-0.2, 0) is 9.59 Å². The van der Waals surface area contributed by atoms with Gasteiger partial charge in [-0.15, -0.1) is 0 Å². The lowest BCUT2D eigenvalue weighted by atomic mass is 9.82. The molecule has 0 radical (unpaired) electrons. The Morgan fingerprint density at radius 3 is 2.32 bits per heavy atom. The van der Waals surface area contributed by atoms with Crippen LogP contribution in [0.2, 0.25) is 0 Å². The second-order valence-corrected chi connectivity index (χ2v) is 9.82. The van der Waals surface area contributed by atoms with Crippen LogP contribution in [0.3, 0.4) is 0 Å². The van der Waals surface area contributed by atoms with E-state index in [4.69, 9.17) is 4.74 Å². The third-order valence-electron chi connectivity index (χ3n) is 7.28. The summed E-state index contributed by atoms with van der Waals surface area (Å²) < 4.78 is 6.00. The highest BCUT2D eigenvalue weighted by Crippen LogP contribution is 2.40. The number of rotatable bonds is 5. The van der Waals surface area contributed by atoms with E-state index in [1.807, 2.05) is 49.4 Å². The van der Waals surface area contributed by atoms with Gasteiger partial charge in [-0.05, 0) is 79.1 Å². The summed E-state index contributed by atoms with van der Waals surface area (Å²) in [6.07, 6.45) is 3.16. The molecule has 0 spiro atoms. The molecule has 2 aliphatic rings. The molecular weight excluding hydrogens is 476 g/mol. The van der Waals surface area contributed by atoms with E-state index < -0.39 is 5.91 Å². The number of carbonyl (C=O) groups excluding carboxylic acids is 3. The second-order valence-electron chi connectivity index (χ2n) is 9.82. The van der Waals surface area contributed by atoms with Gasteiger partial charge in [0.1, 0.15) is 11.5 Å². The van der Waals surface area contributed by atoms with E-state index in [9.17, 15) is 14.4 Å². The lowest BCUT2D eigenvalue weighted by Crippen LogP contribution is -2.33. The van der Waals surface area contributed by atoms with Crippen molar-refractivity contribution in [2.45, 2.75) is 19.8 Å². The number of hydrogen-bond acceptors (Lipinski definition) is 4. The highest BCUT2D eigenvalue weighted by molar-refractivity contribution is 6.25. The first kappa shape index (κ1) is 23.7. The molecule has 1 aliphatic carbocycles. The van der Waals surface area contributed by atoms with Crippen molar-refractivity contribution in [1.82, 2.24) is 0 Å². The molecule has 4 aromatic rings. The summed E-state index contributed by atoms with van der Waals surface area (Å²) in [6.45, 7) is 1.98. The average Bonchev–Trinajstić information content (AvgIpc) is 3.18. The fourth-order valence-electron chi connectivity index (χ4n) is 5.31. The van der Waals surface area contributed by atoms with Gasteiger partial charge in [0.2, 0.25) is 11.8 Å². The lowest BCUT2D eigenvalue weighted by Gasteiger charge is -2.19. The van der Waals surface area contributed by atoms with Crippen LogP contribution in [0.4, 0.5) is 11.4 Å². The maximum atomic E-state index is 13.3. The van der Waals surface area contributed by atoms with Crippen LogP contribution in [0.5, 0.6) is 11.5 Å². The maximum absolute atomic E-state index is 13.3. The molecule has 188 valence electrons. The lowest BCUT2D eigenvalue weighted by molar-refractivity contribution is -0.122. The first-order valence-corrected chi connectivity index (χ1v) is 12.7. The standard InChI is InChI=1S/C32H26N2O4/c1-20-10-17-26-28(18-20)32(37)34(31(26)36)29-9-5-4-8-27(29)30(35)33-23-12-15-24(16-13-23)38-25-14-11-21-6-2-3-7-22(21)19-25/h2-16,19,26,28H,17-18H2,1H3,(H,33,35)/t26-,28+/m1/s1. The summed E-state index contributed by atoms with van der Waals surface area (Å²) in [5.74, 6) is -0.231. The zero-order valence-electron chi connectivity index (χ0n) is 20.9. The number of allylic oxidation sites excluding steroid dienone is 2. The number of nitrogens with one attached hydrogen (secondary N) is 1. The van der Waals surface area contributed by atoms with Gasteiger partial charge in [0.15, 0.2) is 0 Å². The molecule has 1 aliphatic heterocycles. The van der Waals surface area contributed by atoms with Crippen molar-refractivity contribution >= 4 is 39.9 Å². The Kier molecular flexibility index (Phi) is 6.00. The molecular formula is C32H26N2O4. The molecule has 0 aromatic heterocycles. The Labute approximate surface area is 220 Å². The summed E-state index contributed by atoms with van der Waals surface area (Å²) in [4.78, 5) is 40.9. The Hall–Kier alpha value is -4.71. The van der Waals surface area contributed by atoms with Crippen molar-refractivity contribution in [1.29, 1.82) is 0 Å². The zero-order valence-corrected chi connectivity index (χ0v) is 20.9. The Morgan fingerprint density at radius 2 is 1.50 bits per heavy atom. The number of carbonyl (C=O) groups is 3. The molecule has 0 unspecified atom stereocenters. The van der Waals surface area contributed by atoms with Gasteiger partial charge in [0, 0.05) is 5.69 Å². The van der Waals surface area contributed by atoms with Crippen molar-refractivity contribution in [3.05, 3.63) is 108 Å². The first-order chi connectivity index (χ1) is 18.5. The van der Waals surface area contributed by atoms with Crippen LogP contribution >= 0.6 is 0 Å². The van der Waals surface area contributed by atoms with E-state index in [0.29, 0.717) is 30.0 Å². The molecule has 1 N–H and O–H groups in total. The average molecular weight is 503 g/mol. The highest BCUT2D eigenvalue weighted by atomic mass is 16.5. The fraction of sp³-hybridized carbons (Fsp3) is 0.156. The molecule has 0 bridgehead atoms. The predicted molar refractivity (Wildman–Crippen MR) is 147 cm³/mol. The number of anilines is 2. The number of ether oxygens (including phenoxy) is 1. The Balaban J connectivity index is 1.18. The topological polar surface area (TPSA) is 75.7 Å². The maximum Gasteiger partial charge on any atom is 0.257 e. The van der Waals surface area contributed by atoms with Crippen molar-refractivity contribution in [2.24, 2.45) is 11.8 Å². The van der Waals surface area contributed by atoms with Gasteiger partial charge >= 0.3 is 0 Å². The number of fused-ring (bicyclic) bond motifs is 2. The number of amides is 3. The van der Waals surface area contributed by atoms with Crippen LogP contribution in [-0.4, -0.2) is 17.7 Å². The van der Waals surface area contributed by atoms with Crippen LogP contribution in [0.25, 0.3) is 10.8 Å². The van der Waals surface area contributed by atoms with Crippen molar-refractivity contribution in [3.8, 4) is 11.5 Å². The third-order valence-corrected chi connectivity index (χ3v) is 7.28. The molecule has 1 heterocycles. The number of para-hydroxylation sites is 1.